The number of fused-ring (bicyclic) bond motifs is 2. The van der Waals surface area contributed by atoms with E-state index in [0.717, 1.165) is 27.6 Å². The summed E-state index contributed by atoms with van der Waals surface area (Å²) in [5, 5.41) is 8.52. The predicted octanol–water partition coefficient (Wildman–Crippen LogP) is 8.01. The topological polar surface area (TPSA) is 76.4 Å². The molecule has 0 fully saturated rings. The van der Waals surface area contributed by atoms with Crippen LogP contribution in [-0.4, -0.2) is 16.0 Å². The van der Waals surface area contributed by atoms with Crippen molar-refractivity contribution in [3.63, 3.8) is 0 Å². The molecule has 0 aliphatic carbocycles. The molecule has 6 aromatic rings. The van der Waals surface area contributed by atoms with Crippen LogP contribution in [0.1, 0.15) is 15.9 Å². The van der Waals surface area contributed by atoms with Crippen molar-refractivity contribution in [2.24, 2.45) is 0 Å². The monoisotopic (exact) mass is 563 g/mol. The molecule has 0 spiro atoms. The standard InChI is InChI=1S/C32H22ClN3O3S/c33-27-14-6-11-24-25(27)12-5-13-26(24)31-35-28-18-22(15-16-29(28)39-31)34-32(40)36-30(37)21-8-4-7-20(17-21)19-38-23-9-2-1-3-10-23/h1-18H,19H2,(H2,34,36,37,40). The predicted molar refractivity (Wildman–Crippen MR) is 163 cm³/mol. The van der Waals surface area contributed by atoms with Gasteiger partial charge in [-0.2, -0.15) is 0 Å². The molecule has 8 heteroatoms. The van der Waals surface area contributed by atoms with Crippen molar-refractivity contribution in [2.45, 2.75) is 6.61 Å². The van der Waals surface area contributed by atoms with E-state index in [1.165, 1.54) is 0 Å². The summed E-state index contributed by atoms with van der Waals surface area (Å²) in [5.41, 5.74) is 4.15. The van der Waals surface area contributed by atoms with Crippen LogP contribution >= 0.6 is 23.8 Å². The number of benzene rings is 5. The highest BCUT2D eigenvalue weighted by molar-refractivity contribution is 7.80. The number of anilines is 1. The average molecular weight is 564 g/mol. The minimum atomic E-state index is -0.321. The molecule has 0 bridgehead atoms. The van der Waals surface area contributed by atoms with E-state index < -0.39 is 0 Å². The first-order chi connectivity index (χ1) is 19.5. The van der Waals surface area contributed by atoms with Gasteiger partial charge >= 0.3 is 0 Å². The fourth-order valence-corrected chi connectivity index (χ4v) is 4.85. The first-order valence-electron chi connectivity index (χ1n) is 12.5. The van der Waals surface area contributed by atoms with Crippen LogP contribution in [0.15, 0.2) is 114 Å². The summed E-state index contributed by atoms with van der Waals surface area (Å²) in [6.45, 7) is 0.347. The van der Waals surface area contributed by atoms with Crippen molar-refractivity contribution < 1.29 is 13.9 Å². The minimum absolute atomic E-state index is 0.169. The first kappa shape index (κ1) is 25.6. The third-order valence-corrected chi connectivity index (χ3v) is 6.84. The second-order valence-corrected chi connectivity index (χ2v) is 9.87. The lowest BCUT2D eigenvalue weighted by Crippen LogP contribution is -2.34. The molecule has 40 heavy (non-hydrogen) atoms. The van der Waals surface area contributed by atoms with E-state index in [1.54, 1.807) is 12.1 Å². The molecule has 0 aliphatic heterocycles. The Morgan fingerprint density at radius 1 is 0.875 bits per heavy atom. The molecule has 0 saturated carbocycles. The lowest BCUT2D eigenvalue weighted by atomic mass is 10.0. The third kappa shape index (κ3) is 5.52. The van der Waals surface area contributed by atoms with Gasteiger partial charge in [-0.3, -0.25) is 10.1 Å². The largest absolute Gasteiger partial charge is 0.489 e. The van der Waals surface area contributed by atoms with Gasteiger partial charge in [0.15, 0.2) is 10.7 Å². The van der Waals surface area contributed by atoms with Crippen molar-refractivity contribution >= 4 is 62.4 Å². The number of nitrogens with one attached hydrogen (secondary N) is 2. The molecule has 1 heterocycles. The lowest BCUT2D eigenvalue weighted by molar-refractivity contribution is 0.0977. The molecule has 5 aromatic carbocycles. The molecule has 6 rings (SSSR count). The van der Waals surface area contributed by atoms with Crippen LogP contribution in [0.4, 0.5) is 5.69 Å². The Kier molecular flexibility index (Phi) is 7.14. The summed E-state index contributed by atoms with van der Waals surface area (Å²) in [7, 11) is 0. The molecular weight excluding hydrogens is 542 g/mol. The number of rotatable bonds is 6. The van der Waals surface area contributed by atoms with Crippen LogP contribution < -0.4 is 15.4 Å². The number of thiocarbonyl (C=S) groups is 1. The fourth-order valence-electron chi connectivity index (χ4n) is 4.40. The number of oxazole rings is 1. The molecule has 1 aromatic heterocycles. The van der Waals surface area contributed by atoms with E-state index in [0.29, 0.717) is 39.9 Å². The van der Waals surface area contributed by atoms with Gasteiger partial charge < -0.3 is 14.5 Å². The van der Waals surface area contributed by atoms with Crippen molar-refractivity contribution in [1.82, 2.24) is 10.3 Å². The van der Waals surface area contributed by atoms with Gasteiger partial charge in [-0.25, -0.2) is 4.98 Å². The number of aromatic nitrogens is 1. The first-order valence-corrected chi connectivity index (χ1v) is 13.3. The minimum Gasteiger partial charge on any atom is -0.489 e. The summed E-state index contributed by atoms with van der Waals surface area (Å²) in [6.07, 6.45) is 0. The number of ether oxygens (including phenoxy) is 1. The zero-order chi connectivity index (χ0) is 27.5. The van der Waals surface area contributed by atoms with Gasteiger partial charge in [0, 0.05) is 27.2 Å². The van der Waals surface area contributed by atoms with Crippen LogP contribution in [0.2, 0.25) is 5.02 Å². The van der Waals surface area contributed by atoms with E-state index in [1.807, 2.05) is 97.1 Å². The molecule has 1 amide bonds. The van der Waals surface area contributed by atoms with Gasteiger partial charge in [0.2, 0.25) is 5.89 Å². The number of nitrogens with zero attached hydrogens (tertiary/aromatic N) is 1. The van der Waals surface area contributed by atoms with Crippen LogP contribution in [0.5, 0.6) is 5.75 Å². The molecule has 2 N–H and O–H groups in total. The highest BCUT2D eigenvalue weighted by atomic mass is 35.5. The molecule has 0 atom stereocenters. The molecule has 0 saturated heterocycles. The summed E-state index contributed by atoms with van der Waals surface area (Å²) in [4.78, 5) is 17.6. The number of amides is 1. The molecular formula is C32H22ClN3O3S. The van der Waals surface area contributed by atoms with Gasteiger partial charge in [0.05, 0.1) is 0 Å². The SMILES string of the molecule is O=C(NC(=S)Nc1ccc2oc(-c3cccc4c(Cl)cccc34)nc2c1)c1cccc(COc2ccccc2)c1. The second kappa shape index (κ2) is 11.2. The maximum absolute atomic E-state index is 12.9. The summed E-state index contributed by atoms with van der Waals surface area (Å²) < 4.78 is 11.8. The lowest BCUT2D eigenvalue weighted by Gasteiger charge is -2.11. The summed E-state index contributed by atoms with van der Waals surface area (Å²) in [5.74, 6) is 0.936. The van der Waals surface area contributed by atoms with Crippen molar-refractivity contribution in [3.05, 3.63) is 125 Å². The van der Waals surface area contributed by atoms with Gasteiger partial charge in [-0.1, -0.05) is 66.2 Å². The number of hydrogen-bond donors (Lipinski definition) is 2. The maximum atomic E-state index is 12.9. The highest BCUT2D eigenvalue weighted by Gasteiger charge is 2.14. The maximum Gasteiger partial charge on any atom is 0.257 e. The summed E-state index contributed by atoms with van der Waals surface area (Å²) in [6, 6.07) is 33.8. The van der Waals surface area contributed by atoms with Crippen LogP contribution in [0, 0.1) is 0 Å². The van der Waals surface area contributed by atoms with Crippen LogP contribution in [-0.2, 0) is 6.61 Å². The van der Waals surface area contributed by atoms with Crippen LogP contribution in [0.25, 0.3) is 33.3 Å². The number of carbonyl (C=O) groups is 1. The van der Waals surface area contributed by atoms with Crippen LogP contribution in [0.3, 0.4) is 0 Å². The molecule has 6 nitrogen and oxygen atoms in total. The third-order valence-electron chi connectivity index (χ3n) is 6.31. The normalized spacial score (nSPS) is 10.9. The Morgan fingerprint density at radius 2 is 1.68 bits per heavy atom. The van der Waals surface area contributed by atoms with Crippen molar-refractivity contribution in [3.8, 4) is 17.2 Å². The fraction of sp³-hybridized carbons (Fsp3) is 0.0312. The second-order valence-electron chi connectivity index (χ2n) is 9.05. The van der Waals surface area contributed by atoms with Gasteiger partial charge in [-0.05, 0) is 77.8 Å². The molecule has 0 unspecified atom stereocenters. The number of halogens is 1. The smallest absolute Gasteiger partial charge is 0.257 e. The Balaban J connectivity index is 1.14. The van der Waals surface area contributed by atoms with E-state index in [9.17, 15) is 4.79 Å². The quantitative estimate of drug-likeness (QED) is 0.200. The number of para-hydroxylation sites is 1. The molecule has 0 radical (unpaired) electrons. The van der Waals surface area contributed by atoms with Crippen molar-refractivity contribution in [1.29, 1.82) is 0 Å². The Morgan fingerprint density at radius 3 is 2.55 bits per heavy atom. The number of carbonyl (C=O) groups excluding carboxylic acids is 1. The Labute approximate surface area is 240 Å². The van der Waals surface area contributed by atoms with Crippen molar-refractivity contribution in [2.75, 3.05) is 5.32 Å². The Bertz CT molecular complexity index is 1870. The summed E-state index contributed by atoms with van der Waals surface area (Å²) >= 11 is 11.8. The van der Waals surface area contributed by atoms with E-state index in [-0.39, 0.29) is 11.0 Å². The van der Waals surface area contributed by atoms with E-state index in [4.69, 9.17) is 38.0 Å². The van der Waals surface area contributed by atoms with E-state index >= 15 is 0 Å². The van der Waals surface area contributed by atoms with E-state index in [2.05, 4.69) is 10.6 Å². The average Bonchev–Trinajstić information content (AvgIpc) is 3.40. The molecule has 196 valence electrons. The zero-order valence-corrected chi connectivity index (χ0v) is 22.6. The zero-order valence-electron chi connectivity index (χ0n) is 21.1. The number of hydrogen-bond acceptors (Lipinski definition) is 5. The van der Waals surface area contributed by atoms with Gasteiger partial charge in [0.1, 0.15) is 17.9 Å². The van der Waals surface area contributed by atoms with Gasteiger partial charge in [0.25, 0.3) is 5.91 Å². The van der Waals surface area contributed by atoms with Gasteiger partial charge in [-0.15, -0.1) is 0 Å². The molecule has 0 aliphatic rings. The Hall–Kier alpha value is -4.72. The highest BCUT2D eigenvalue weighted by Crippen LogP contribution is 2.34.